The number of aromatic nitrogens is 8. The van der Waals surface area contributed by atoms with E-state index in [0.29, 0.717) is 26.4 Å². The molecule has 0 unspecified atom stereocenters. The van der Waals surface area contributed by atoms with Gasteiger partial charge in [0.05, 0.1) is 68.2 Å². The molecule has 0 saturated heterocycles. The van der Waals surface area contributed by atoms with Gasteiger partial charge in [-0.15, -0.1) is 0 Å². The van der Waals surface area contributed by atoms with Crippen LogP contribution in [0.15, 0.2) is 121 Å². The van der Waals surface area contributed by atoms with Crippen LogP contribution in [0.2, 0.25) is 0 Å². The Kier molecular flexibility index (Phi) is 28.5. The van der Waals surface area contributed by atoms with Gasteiger partial charge >= 0.3 is 44.8 Å². The summed E-state index contributed by atoms with van der Waals surface area (Å²) in [6, 6.07) is 36.3. The first-order chi connectivity index (χ1) is 32.7. The molecule has 8 rings (SSSR count). The number of aryl methyl sites for hydroxylation is 4. The molecular formula is C52H60Ag2N10O6. The van der Waals surface area contributed by atoms with Crippen molar-refractivity contribution in [2.45, 2.75) is 108 Å². The molecule has 0 aliphatic heterocycles. The third-order valence-corrected chi connectivity index (χ3v) is 9.82. The average Bonchev–Trinajstić information content (AvgIpc) is 4.09. The van der Waals surface area contributed by atoms with Gasteiger partial charge < -0.3 is 47.5 Å². The van der Waals surface area contributed by atoms with E-state index in [0.717, 1.165) is 93.6 Å². The van der Waals surface area contributed by atoms with Crippen LogP contribution in [0.4, 0.5) is 0 Å². The zero-order valence-electron chi connectivity index (χ0n) is 40.8. The molecule has 0 saturated carbocycles. The van der Waals surface area contributed by atoms with Crippen molar-refractivity contribution in [1.82, 2.24) is 38.2 Å². The first-order valence-corrected chi connectivity index (χ1v) is 22.0. The molecule has 16 nitrogen and oxygen atoms in total. The molecule has 70 heavy (non-hydrogen) atoms. The number of carboxylic acids is 2. The van der Waals surface area contributed by atoms with E-state index in [2.05, 4.69) is 83.4 Å². The maximum atomic E-state index is 9.49. The predicted octanol–water partition coefficient (Wildman–Crippen LogP) is 7.96. The van der Waals surface area contributed by atoms with Gasteiger partial charge in [0.2, 0.25) is 0 Å². The summed E-state index contributed by atoms with van der Waals surface area (Å²) < 4.78 is 20.8. The zero-order valence-corrected chi connectivity index (χ0v) is 43.8. The van der Waals surface area contributed by atoms with Crippen LogP contribution in [0.25, 0.3) is 44.1 Å². The second-order valence-electron chi connectivity index (χ2n) is 14.6. The third kappa shape index (κ3) is 17.5. The number of fused-ring (bicyclic) bond motifs is 4. The maximum Gasteiger partial charge on any atom is 1.00 e. The number of benzene rings is 4. The Labute approximate surface area is 440 Å². The van der Waals surface area contributed by atoms with Gasteiger partial charge in [0.25, 0.3) is 0 Å². The molecular weight excluding hydrogens is 1080 g/mol. The molecule has 4 aromatic heterocycles. The number of ether oxygens (including phenoxy) is 2. The third-order valence-electron chi connectivity index (χ3n) is 9.82. The van der Waals surface area contributed by atoms with Crippen molar-refractivity contribution >= 4 is 56.1 Å². The number of carbonyl (C=O) groups excluding carboxylic acids is 2. The molecule has 4 heterocycles. The number of hydrogen-bond donors (Lipinski definition) is 0. The number of rotatable bonds is 14. The molecule has 4 aromatic carbocycles. The van der Waals surface area contributed by atoms with Gasteiger partial charge in [-0.25, -0.2) is 19.9 Å². The molecule has 0 aliphatic carbocycles. The maximum absolute atomic E-state index is 9.49. The van der Waals surface area contributed by atoms with E-state index in [1.165, 1.54) is 27.7 Å². The van der Waals surface area contributed by atoms with Gasteiger partial charge in [-0.3, -0.25) is 0 Å². The van der Waals surface area contributed by atoms with Crippen LogP contribution >= 0.6 is 0 Å². The summed E-state index contributed by atoms with van der Waals surface area (Å²) in [5.74, 6) is 1.47. The van der Waals surface area contributed by atoms with Crippen molar-refractivity contribution in [3.05, 3.63) is 145 Å². The summed E-state index contributed by atoms with van der Waals surface area (Å²) in [6.07, 6.45) is 0. The van der Waals surface area contributed by atoms with Crippen LogP contribution in [-0.2, 0) is 116 Å². The molecule has 376 valence electrons. The Hall–Kier alpha value is -6.44. The second kappa shape index (κ2) is 32.4. The molecule has 18 heteroatoms. The van der Waals surface area contributed by atoms with Gasteiger partial charge in [0.1, 0.15) is 49.7 Å². The van der Waals surface area contributed by atoms with E-state index in [4.69, 9.17) is 39.9 Å². The van der Waals surface area contributed by atoms with Crippen LogP contribution in [0.3, 0.4) is 0 Å². The molecule has 0 bridgehead atoms. The Bertz CT molecular complexity index is 2620. The fourth-order valence-electron chi connectivity index (χ4n) is 6.82. The smallest absolute Gasteiger partial charge is 0.545 e. The zero-order chi connectivity index (χ0) is 50.2. The minimum absolute atomic E-state index is 0. The number of carboxylic acid groups (broad SMARTS) is 2. The number of para-hydroxylation sites is 8. The standard InChI is InChI=1S/2C20H22N4O.2C4H6O2.2C2H3N.2Ag/c2*1-3-23-17-11-7-5-9-15(17)21-19(23)13-25-14-20-22-16-10-6-8-12-18(16)24(20)4-2;2*1-3(2)4(5)6;2*1-2-3;;/h2*5-12H,3-4,13-14H2,1-2H3;2*1H2,2H3,(H,5,6);2*1H3;;/q;;;;;;2*+1/p-2. The number of nitrogens with zero attached hydrogens (tertiary/aromatic N) is 10. The quantitative estimate of drug-likeness (QED) is 0.0748. The van der Waals surface area contributed by atoms with Crippen molar-refractivity contribution in [3.63, 3.8) is 0 Å². The summed E-state index contributed by atoms with van der Waals surface area (Å²) in [5, 5.41) is 33.6. The Morgan fingerprint density at radius 3 is 0.814 bits per heavy atom. The van der Waals surface area contributed by atoms with Crippen LogP contribution < -0.4 is 10.2 Å². The number of aliphatic carboxylic acids is 2. The Morgan fingerprint density at radius 1 is 0.486 bits per heavy atom. The van der Waals surface area contributed by atoms with Gasteiger partial charge in [0, 0.05) is 40.0 Å². The van der Waals surface area contributed by atoms with E-state index in [1.807, 2.05) is 72.8 Å². The van der Waals surface area contributed by atoms with Gasteiger partial charge in [-0.1, -0.05) is 61.7 Å². The summed E-state index contributed by atoms with van der Waals surface area (Å²) in [6.45, 7) is 25.8. The summed E-state index contributed by atoms with van der Waals surface area (Å²) in [4.78, 5) is 37.8. The van der Waals surface area contributed by atoms with Gasteiger partial charge in [-0.2, -0.15) is 10.5 Å². The predicted molar refractivity (Wildman–Crippen MR) is 261 cm³/mol. The van der Waals surface area contributed by atoms with Crippen LogP contribution in [0.1, 0.15) is 78.7 Å². The van der Waals surface area contributed by atoms with Crippen molar-refractivity contribution < 1.29 is 74.0 Å². The van der Waals surface area contributed by atoms with E-state index in [1.54, 1.807) is 12.1 Å². The Morgan fingerprint density at radius 2 is 0.657 bits per heavy atom. The number of carbonyl (C=O) groups is 2. The molecule has 0 fully saturated rings. The topological polar surface area (TPSA) is 218 Å². The van der Waals surface area contributed by atoms with E-state index in [-0.39, 0.29) is 55.9 Å². The van der Waals surface area contributed by atoms with Crippen LogP contribution in [-0.4, -0.2) is 50.1 Å². The van der Waals surface area contributed by atoms with Gasteiger partial charge in [0.15, 0.2) is 0 Å². The first kappa shape index (κ1) is 61.6. The minimum atomic E-state index is -1.19. The second-order valence-corrected chi connectivity index (χ2v) is 14.6. The van der Waals surface area contributed by atoms with Crippen LogP contribution in [0, 0.1) is 22.7 Å². The van der Waals surface area contributed by atoms with Crippen molar-refractivity contribution in [2.24, 2.45) is 0 Å². The largest absolute Gasteiger partial charge is 1.00 e. The molecule has 0 atom stereocenters. The van der Waals surface area contributed by atoms with E-state index in [9.17, 15) is 19.8 Å². The van der Waals surface area contributed by atoms with Crippen molar-refractivity contribution in [3.8, 4) is 12.1 Å². The number of imidazole rings is 4. The first-order valence-electron chi connectivity index (χ1n) is 22.0. The molecule has 0 spiro atoms. The molecule has 0 N–H and O–H groups in total. The number of hydrogen-bond acceptors (Lipinski definition) is 12. The average molecular weight is 1140 g/mol. The van der Waals surface area contributed by atoms with Crippen molar-refractivity contribution in [2.75, 3.05) is 0 Å². The number of nitriles is 2. The molecule has 8 aromatic rings. The van der Waals surface area contributed by atoms with E-state index >= 15 is 0 Å². The fourth-order valence-corrected chi connectivity index (χ4v) is 6.82. The van der Waals surface area contributed by atoms with Crippen molar-refractivity contribution in [1.29, 1.82) is 10.5 Å². The Balaban J connectivity index is 0.000000511. The minimum Gasteiger partial charge on any atom is -0.545 e. The SMILES string of the molecule is C=C(C)C(=O)[O-].C=C(C)C(=O)[O-].CC#N.CC#N.CCn1c(COCc2nc3ccccc3n2CC)nc2ccccc21.CCn1c(COCc2nc3ccccc3n2CC)nc2ccccc21.[Ag+].[Ag+]. The molecule has 0 aliphatic rings. The monoisotopic (exact) mass is 1130 g/mol. The summed E-state index contributed by atoms with van der Waals surface area (Å²) in [7, 11) is 0. The van der Waals surface area contributed by atoms with E-state index < -0.39 is 11.9 Å². The van der Waals surface area contributed by atoms with Crippen LogP contribution in [0.5, 0.6) is 0 Å². The fraction of sp³-hybridized carbons (Fsp3) is 0.308. The summed E-state index contributed by atoms with van der Waals surface area (Å²) >= 11 is 0. The summed E-state index contributed by atoms with van der Waals surface area (Å²) in [5.41, 5.74) is 8.83. The normalized spacial score (nSPS) is 9.80. The van der Waals surface area contributed by atoms with Gasteiger partial charge in [-0.05, 0) is 101 Å². The molecule has 0 radical (unpaired) electrons. The molecule has 0 amide bonds.